The minimum atomic E-state index is -1.08. The maximum Gasteiger partial charge on any atom is 0.276 e. The van der Waals surface area contributed by atoms with E-state index < -0.39 is 5.60 Å². The molecule has 5 rings (SSSR count). The Kier molecular flexibility index (Phi) is 7.32. The molecule has 1 saturated heterocycles. The molecule has 200 valence electrons. The number of aromatic nitrogens is 3. The molecule has 9 nitrogen and oxygen atoms in total. The van der Waals surface area contributed by atoms with E-state index in [0.29, 0.717) is 36.5 Å². The van der Waals surface area contributed by atoms with Crippen LogP contribution in [0.3, 0.4) is 0 Å². The van der Waals surface area contributed by atoms with Crippen molar-refractivity contribution in [2.75, 3.05) is 38.1 Å². The zero-order valence-corrected chi connectivity index (χ0v) is 22.8. The Balaban J connectivity index is 1.44. The standard InChI is InChI=1S/C29H37N7O2/c1-5-35-28(37)23-20-30-26(31-21-12-14-22(15-13-21)34-18-16-33(4)17-19-34)10-6-8-24(23)36(35)27-11-7-9-25(32-27)29(2,3)38/h7,9,11-15,20,38H,5-6,8,10,16-19H2,1-4H3. The van der Waals surface area contributed by atoms with Gasteiger partial charge in [0.25, 0.3) is 5.56 Å². The molecule has 0 atom stereocenters. The van der Waals surface area contributed by atoms with Gasteiger partial charge < -0.3 is 14.9 Å². The summed E-state index contributed by atoms with van der Waals surface area (Å²) in [5.41, 5.74) is 2.92. The number of piperazine rings is 1. The first-order valence-corrected chi connectivity index (χ1v) is 13.4. The smallest absolute Gasteiger partial charge is 0.276 e. The average Bonchev–Trinajstić information content (AvgIpc) is 3.15. The first-order valence-electron chi connectivity index (χ1n) is 13.4. The number of aliphatic hydroxyl groups is 1. The van der Waals surface area contributed by atoms with Gasteiger partial charge in [-0.15, -0.1) is 0 Å². The van der Waals surface area contributed by atoms with Gasteiger partial charge in [0.05, 0.1) is 22.6 Å². The van der Waals surface area contributed by atoms with E-state index in [1.807, 2.05) is 35.9 Å². The lowest BCUT2D eigenvalue weighted by Gasteiger charge is -2.34. The van der Waals surface area contributed by atoms with Crippen LogP contribution in [0.1, 0.15) is 50.6 Å². The Labute approximate surface area is 223 Å². The molecule has 2 aliphatic heterocycles. The second kappa shape index (κ2) is 10.7. The van der Waals surface area contributed by atoms with Crippen LogP contribution in [0, 0.1) is 0 Å². The number of pyridine rings is 1. The minimum absolute atomic E-state index is 0.0977. The molecule has 1 fully saturated rings. The first-order chi connectivity index (χ1) is 18.2. The van der Waals surface area contributed by atoms with Crippen molar-refractivity contribution in [3.63, 3.8) is 0 Å². The van der Waals surface area contributed by atoms with E-state index in [0.717, 1.165) is 49.8 Å². The Morgan fingerprint density at radius 3 is 2.45 bits per heavy atom. The molecular weight excluding hydrogens is 478 g/mol. The molecule has 0 aliphatic carbocycles. The fourth-order valence-electron chi connectivity index (χ4n) is 5.07. The third kappa shape index (κ3) is 5.35. The molecule has 3 aromatic rings. The number of hydrogen-bond donors (Lipinski definition) is 1. The van der Waals surface area contributed by atoms with Crippen molar-refractivity contribution < 1.29 is 5.11 Å². The Morgan fingerprint density at radius 1 is 1.03 bits per heavy atom. The van der Waals surface area contributed by atoms with Crippen molar-refractivity contribution >= 4 is 23.4 Å². The van der Waals surface area contributed by atoms with E-state index in [4.69, 9.17) is 9.98 Å². The SMILES string of the molecule is CCn1c(=O)c2c(n1-c1cccc(C(C)(C)O)n1)CCCC(=Nc1ccc(N3CCN(C)CC3)cc1)N=C2. The van der Waals surface area contributed by atoms with E-state index >= 15 is 0 Å². The Morgan fingerprint density at radius 2 is 1.76 bits per heavy atom. The van der Waals surface area contributed by atoms with E-state index in [2.05, 4.69) is 34.0 Å². The summed E-state index contributed by atoms with van der Waals surface area (Å²) in [5, 5.41) is 10.5. The van der Waals surface area contributed by atoms with Crippen LogP contribution in [0.2, 0.25) is 0 Å². The molecule has 0 amide bonds. The fourth-order valence-corrected chi connectivity index (χ4v) is 5.07. The molecular formula is C29H37N7O2. The topological polar surface area (TPSA) is 91.2 Å². The van der Waals surface area contributed by atoms with Crippen LogP contribution in [-0.4, -0.2) is 69.6 Å². The highest BCUT2D eigenvalue weighted by molar-refractivity contribution is 5.96. The van der Waals surface area contributed by atoms with Crippen LogP contribution >= 0.6 is 0 Å². The lowest BCUT2D eigenvalue weighted by Crippen LogP contribution is -2.44. The molecule has 0 radical (unpaired) electrons. The van der Waals surface area contributed by atoms with E-state index in [-0.39, 0.29) is 5.56 Å². The highest BCUT2D eigenvalue weighted by Gasteiger charge is 2.24. The van der Waals surface area contributed by atoms with Crippen LogP contribution in [0.25, 0.3) is 5.82 Å². The summed E-state index contributed by atoms with van der Waals surface area (Å²) in [6.45, 7) is 10.1. The molecule has 1 aromatic carbocycles. The van der Waals surface area contributed by atoms with Gasteiger partial charge in [-0.3, -0.25) is 4.79 Å². The van der Waals surface area contributed by atoms with Crippen molar-refractivity contribution in [1.82, 2.24) is 19.2 Å². The van der Waals surface area contributed by atoms with Gasteiger partial charge in [-0.05, 0) is 77.1 Å². The van der Waals surface area contributed by atoms with Crippen LogP contribution in [0.5, 0.6) is 0 Å². The fraction of sp³-hybridized carbons (Fsp3) is 0.448. The summed E-state index contributed by atoms with van der Waals surface area (Å²) in [7, 11) is 2.16. The molecule has 38 heavy (non-hydrogen) atoms. The van der Waals surface area contributed by atoms with Crippen LogP contribution in [0.15, 0.2) is 57.2 Å². The van der Waals surface area contributed by atoms with E-state index in [1.165, 1.54) is 5.69 Å². The number of anilines is 1. The molecule has 4 heterocycles. The van der Waals surface area contributed by atoms with Crippen molar-refractivity contribution in [3.05, 3.63) is 69.8 Å². The van der Waals surface area contributed by atoms with Gasteiger partial charge in [0.15, 0.2) is 5.82 Å². The number of rotatable bonds is 5. The largest absolute Gasteiger partial charge is 0.384 e. The molecule has 2 aromatic heterocycles. The molecule has 9 heteroatoms. The second-order valence-electron chi connectivity index (χ2n) is 10.6. The number of likely N-dealkylation sites (N-methyl/N-ethyl adjacent to an activating group) is 1. The van der Waals surface area contributed by atoms with Crippen LogP contribution in [0.4, 0.5) is 11.4 Å². The van der Waals surface area contributed by atoms with Gasteiger partial charge >= 0.3 is 0 Å². The number of benzene rings is 1. The van der Waals surface area contributed by atoms with Crippen molar-refractivity contribution in [2.24, 2.45) is 9.98 Å². The van der Waals surface area contributed by atoms with Crippen molar-refractivity contribution in [1.29, 1.82) is 0 Å². The monoisotopic (exact) mass is 515 g/mol. The number of amidine groups is 1. The predicted octanol–water partition coefficient (Wildman–Crippen LogP) is 3.52. The van der Waals surface area contributed by atoms with Gasteiger partial charge in [0.1, 0.15) is 11.4 Å². The summed E-state index contributed by atoms with van der Waals surface area (Å²) in [6.07, 6.45) is 3.87. The van der Waals surface area contributed by atoms with Crippen LogP contribution < -0.4 is 10.5 Å². The maximum atomic E-state index is 13.4. The summed E-state index contributed by atoms with van der Waals surface area (Å²) < 4.78 is 3.57. The molecule has 0 spiro atoms. The zero-order chi connectivity index (χ0) is 26.9. The van der Waals surface area contributed by atoms with Gasteiger partial charge in [-0.1, -0.05) is 6.07 Å². The average molecular weight is 516 g/mol. The Bertz CT molecular complexity index is 1400. The van der Waals surface area contributed by atoms with Gasteiger partial charge in [-0.2, -0.15) is 0 Å². The Hall–Kier alpha value is -3.56. The molecule has 2 aliphatic rings. The summed E-state index contributed by atoms with van der Waals surface area (Å²) in [5.74, 6) is 1.34. The van der Waals surface area contributed by atoms with Gasteiger partial charge in [-0.25, -0.2) is 24.3 Å². The number of aliphatic imine (C=N–C) groups is 2. The number of fused-ring (bicyclic) bond motifs is 1. The quantitative estimate of drug-likeness (QED) is 0.562. The number of nitrogens with zero attached hydrogens (tertiary/aromatic N) is 7. The van der Waals surface area contributed by atoms with Gasteiger partial charge in [0, 0.05) is 51.0 Å². The highest BCUT2D eigenvalue weighted by atomic mass is 16.3. The minimum Gasteiger partial charge on any atom is -0.384 e. The summed E-state index contributed by atoms with van der Waals surface area (Å²) in [6, 6.07) is 13.9. The van der Waals surface area contributed by atoms with Gasteiger partial charge in [0.2, 0.25) is 0 Å². The van der Waals surface area contributed by atoms with E-state index in [1.54, 1.807) is 30.8 Å². The highest BCUT2D eigenvalue weighted by Crippen LogP contribution is 2.24. The van der Waals surface area contributed by atoms with Crippen LogP contribution in [-0.2, 0) is 18.6 Å². The lowest BCUT2D eigenvalue weighted by atomic mass is 10.1. The second-order valence-corrected chi connectivity index (χ2v) is 10.6. The lowest BCUT2D eigenvalue weighted by molar-refractivity contribution is 0.0737. The molecule has 0 bridgehead atoms. The van der Waals surface area contributed by atoms with E-state index in [9.17, 15) is 9.90 Å². The summed E-state index contributed by atoms with van der Waals surface area (Å²) in [4.78, 5) is 32.3. The first kappa shape index (κ1) is 26.1. The van der Waals surface area contributed by atoms with Crippen molar-refractivity contribution in [2.45, 2.75) is 52.2 Å². The predicted molar refractivity (Wildman–Crippen MR) is 153 cm³/mol. The third-order valence-electron chi connectivity index (χ3n) is 7.28. The summed E-state index contributed by atoms with van der Waals surface area (Å²) >= 11 is 0. The van der Waals surface area contributed by atoms with Crippen molar-refractivity contribution in [3.8, 4) is 5.82 Å². The maximum absolute atomic E-state index is 13.4. The molecule has 1 N–H and O–H groups in total. The molecule has 0 saturated carbocycles. The number of hydrogen-bond acceptors (Lipinski definition) is 6. The zero-order valence-electron chi connectivity index (χ0n) is 22.8. The normalized spacial score (nSPS) is 17.9. The third-order valence-corrected chi connectivity index (χ3v) is 7.28. The molecule has 0 unspecified atom stereocenters.